The van der Waals surface area contributed by atoms with Crippen LogP contribution >= 0.6 is 0 Å². The summed E-state index contributed by atoms with van der Waals surface area (Å²) in [5.74, 6) is 0.0894. The van der Waals surface area contributed by atoms with Crippen molar-refractivity contribution in [2.45, 2.75) is 13.5 Å². The number of anilines is 1. The Morgan fingerprint density at radius 3 is 2.80 bits per heavy atom. The predicted octanol–water partition coefficient (Wildman–Crippen LogP) is 2.34. The minimum absolute atomic E-state index is 0.136. The summed E-state index contributed by atoms with van der Waals surface area (Å²) in [4.78, 5) is 16.1. The van der Waals surface area contributed by atoms with Crippen LogP contribution in [0.15, 0.2) is 36.5 Å². The third-order valence-electron chi connectivity index (χ3n) is 2.92. The molecule has 0 atom stereocenters. The maximum absolute atomic E-state index is 11.9. The van der Waals surface area contributed by atoms with Crippen molar-refractivity contribution in [3.63, 3.8) is 0 Å². The molecule has 0 radical (unpaired) electrons. The van der Waals surface area contributed by atoms with Crippen molar-refractivity contribution in [3.05, 3.63) is 53.3 Å². The molecule has 2 aromatic rings. The van der Waals surface area contributed by atoms with E-state index in [1.54, 1.807) is 18.3 Å². The molecule has 0 bridgehead atoms. The predicted molar refractivity (Wildman–Crippen MR) is 75.5 cm³/mol. The largest absolute Gasteiger partial charge is 0.495 e. The maximum Gasteiger partial charge on any atom is 0.338 e. The summed E-state index contributed by atoms with van der Waals surface area (Å²) in [7, 11) is 1.52. The van der Waals surface area contributed by atoms with Crippen LogP contribution in [0.1, 0.15) is 21.6 Å². The molecule has 0 saturated heterocycles. The summed E-state index contributed by atoms with van der Waals surface area (Å²) in [6.07, 6.45) is 1.67. The number of nitrogens with two attached hydrogens (primary N) is 1. The van der Waals surface area contributed by atoms with Crippen LogP contribution in [0.4, 0.5) is 5.69 Å². The number of aromatic nitrogens is 1. The molecule has 0 fully saturated rings. The van der Waals surface area contributed by atoms with Gasteiger partial charge in [0.2, 0.25) is 0 Å². The molecule has 0 aliphatic rings. The quantitative estimate of drug-likeness (QED) is 0.683. The number of hydrogen-bond acceptors (Lipinski definition) is 5. The first-order chi connectivity index (χ1) is 9.61. The number of rotatable bonds is 4. The summed E-state index contributed by atoms with van der Waals surface area (Å²) in [6.45, 7) is 2.05. The fraction of sp³-hybridized carbons (Fsp3) is 0.200. The van der Waals surface area contributed by atoms with Gasteiger partial charge in [-0.2, -0.15) is 0 Å². The number of esters is 1. The highest BCUT2D eigenvalue weighted by Crippen LogP contribution is 2.22. The molecule has 0 aliphatic heterocycles. The maximum atomic E-state index is 11.9. The lowest BCUT2D eigenvalue weighted by Crippen LogP contribution is -2.08. The summed E-state index contributed by atoms with van der Waals surface area (Å²) < 4.78 is 10.3. The molecular weight excluding hydrogens is 256 g/mol. The van der Waals surface area contributed by atoms with Crippen LogP contribution in [0, 0.1) is 6.92 Å². The van der Waals surface area contributed by atoms with Crippen LogP contribution < -0.4 is 10.5 Å². The average molecular weight is 272 g/mol. The number of nitrogen functional groups attached to an aromatic ring is 1. The molecule has 1 heterocycles. The first-order valence-electron chi connectivity index (χ1n) is 6.13. The van der Waals surface area contributed by atoms with E-state index < -0.39 is 5.97 Å². The van der Waals surface area contributed by atoms with Crippen molar-refractivity contribution in [3.8, 4) is 5.75 Å². The number of benzene rings is 1. The summed E-state index contributed by atoms with van der Waals surface area (Å²) in [5.41, 5.74) is 8.26. The third-order valence-corrected chi connectivity index (χ3v) is 2.92. The van der Waals surface area contributed by atoms with E-state index in [1.165, 1.54) is 13.2 Å². The van der Waals surface area contributed by atoms with E-state index in [1.807, 2.05) is 19.1 Å². The number of aryl methyl sites for hydroxylation is 1. The lowest BCUT2D eigenvalue weighted by Gasteiger charge is -2.08. The fourth-order valence-electron chi connectivity index (χ4n) is 1.75. The normalized spacial score (nSPS) is 10.1. The lowest BCUT2D eigenvalue weighted by molar-refractivity contribution is 0.0467. The summed E-state index contributed by atoms with van der Waals surface area (Å²) >= 11 is 0. The number of carbonyl (C=O) groups excluding carboxylic acids is 1. The number of carbonyl (C=O) groups is 1. The van der Waals surface area contributed by atoms with Crippen molar-refractivity contribution in [2.75, 3.05) is 12.8 Å². The van der Waals surface area contributed by atoms with Crippen LogP contribution in [-0.2, 0) is 11.3 Å². The Bertz CT molecular complexity index is 626. The minimum atomic E-state index is -0.440. The molecule has 0 aliphatic carbocycles. The first-order valence-corrected chi connectivity index (χ1v) is 6.13. The summed E-state index contributed by atoms with van der Waals surface area (Å²) in [6, 6.07) is 8.54. The van der Waals surface area contributed by atoms with Crippen LogP contribution in [0.2, 0.25) is 0 Å². The highest BCUT2D eigenvalue weighted by atomic mass is 16.5. The van der Waals surface area contributed by atoms with Crippen LogP contribution in [0.25, 0.3) is 0 Å². The Hall–Kier alpha value is -2.56. The molecule has 2 N–H and O–H groups in total. The van der Waals surface area contributed by atoms with E-state index in [9.17, 15) is 4.79 Å². The van der Waals surface area contributed by atoms with E-state index >= 15 is 0 Å². The van der Waals surface area contributed by atoms with Gasteiger partial charge in [-0.3, -0.25) is 4.98 Å². The van der Waals surface area contributed by atoms with E-state index in [2.05, 4.69) is 4.98 Å². The van der Waals surface area contributed by atoms with Crippen LogP contribution in [0.5, 0.6) is 5.75 Å². The Balaban J connectivity index is 2.05. The van der Waals surface area contributed by atoms with Crippen LogP contribution in [0.3, 0.4) is 0 Å². The highest BCUT2D eigenvalue weighted by Gasteiger charge is 2.11. The smallest absolute Gasteiger partial charge is 0.338 e. The monoisotopic (exact) mass is 272 g/mol. The van der Waals surface area contributed by atoms with E-state index in [-0.39, 0.29) is 6.61 Å². The Morgan fingerprint density at radius 1 is 1.35 bits per heavy atom. The second-order valence-electron chi connectivity index (χ2n) is 4.30. The van der Waals surface area contributed by atoms with E-state index in [0.29, 0.717) is 17.0 Å². The first kappa shape index (κ1) is 13.9. The van der Waals surface area contributed by atoms with E-state index in [4.69, 9.17) is 15.2 Å². The molecule has 0 amide bonds. The molecule has 0 saturated carbocycles. The van der Waals surface area contributed by atoms with Gasteiger partial charge in [0.1, 0.15) is 12.4 Å². The van der Waals surface area contributed by atoms with Gasteiger partial charge < -0.3 is 15.2 Å². The standard InChI is InChI=1S/C15H16N2O3/c1-10-4-3-7-17-13(10)9-20-15(18)11-5-6-14(19-2)12(16)8-11/h3-8H,9,16H2,1-2H3. The van der Waals surface area contributed by atoms with Crippen molar-refractivity contribution >= 4 is 11.7 Å². The number of nitrogens with zero attached hydrogens (tertiary/aromatic N) is 1. The van der Waals surface area contributed by atoms with Gasteiger partial charge in [-0.1, -0.05) is 6.07 Å². The molecule has 1 aromatic carbocycles. The lowest BCUT2D eigenvalue weighted by atomic mass is 10.2. The van der Waals surface area contributed by atoms with Gasteiger partial charge in [-0.05, 0) is 36.8 Å². The number of methoxy groups -OCH3 is 1. The Kier molecular flexibility index (Phi) is 4.20. The van der Waals surface area contributed by atoms with Gasteiger partial charge in [0.15, 0.2) is 0 Å². The Labute approximate surface area is 117 Å². The van der Waals surface area contributed by atoms with Gasteiger partial charge >= 0.3 is 5.97 Å². The molecule has 0 unspecified atom stereocenters. The van der Waals surface area contributed by atoms with Crippen molar-refractivity contribution in [1.82, 2.24) is 4.98 Å². The Morgan fingerprint density at radius 2 is 2.15 bits per heavy atom. The van der Waals surface area contributed by atoms with Crippen molar-refractivity contribution in [1.29, 1.82) is 0 Å². The second-order valence-corrected chi connectivity index (χ2v) is 4.30. The number of ether oxygens (including phenoxy) is 2. The van der Waals surface area contributed by atoms with Gasteiger partial charge in [0, 0.05) is 6.20 Å². The van der Waals surface area contributed by atoms with Gasteiger partial charge in [-0.15, -0.1) is 0 Å². The molecule has 2 rings (SSSR count). The third kappa shape index (κ3) is 3.06. The van der Waals surface area contributed by atoms with Crippen molar-refractivity contribution in [2.24, 2.45) is 0 Å². The number of hydrogen-bond donors (Lipinski definition) is 1. The molecular formula is C15H16N2O3. The van der Waals surface area contributed by atoms with Crippen molar-refractivity contribution < 1.29 is 14.3 Å². The minimum Gasteiger partial charge on any atom is -0.495 e. The van der Waals surface area contributed by atoms with E-state index in [0.717, 1.165) is 11.3 Å². The fourth-order valence-corrected chi connectivity index (χ4v) is 1.75. The van der Waals surface area contributed by atoms with Gasteiger partial charge in [0.05, 0.1) is 24.1 Å². The zero-order valence-corrected chi connectivity index (χ0v) is 11.4. The molecule has 1 aromatic heterocycles. The summed E-state index contributed by atoms with van der Waals surface area (Å²) in [5, 5.41) is 0. The molecule has 5 nitrogen and oxygen atoms in total. The van der Waals surface area contributed by atoms with Crippen LogP contribution in [-0.4, -0.2) is 18.1 Å². The van der Waals surface area contributed by atoms with Gasteiger partial charge in [0.25, 0.3) is 0 Å². The molecule has 5 heteroatoms. The molecule has 104 valence electrons. The number of pyridine rings is 1. The zero-order valence-electron chi connectivity index (χ0n) is 11.4. The zero-order chi connectivity index (χ0) is 14.5. The van der Waals surface area contributed by atoms with Gasteiger partial charge in [-0.25, -0.2) is 4.79 Å². The SMILES string of the molecule is COc1ccc(C(=O)OCc2ncccc2C)cc1N. The molecule has 0 spiro atoms. The second kappa shape index (κ2) is 6.06. The average Bonchev–Trinajstić information content (AvgIpc) is 2.46. The topological polar surface area (TPSA) is 74.4 Å². The highest BCUT2D eigenvalue weighted by molar-refractivity contribution is 5.91. The molecule has 20 heavy (non-hydrogen) atoms.